The van der Waals surface area contributed by atoms with Gasteiger partial charge in [0.05, 0.1) is 5.56 Å². The van der Waals surface area contributed by atoms with Gasteiger partial charge in [-0.3, -0.25) is 24.3 Å². The Balaban J connectivity index is 0.723. The van der Waals surface area contributed by atoms with E-state index in [0.29, 0.717) is 81.0 Å². The third-order valence-corrected chi connectivity index (χ3v) is 15.8. The fraction of sp³-hybridized carbons (Fsp3) is 0.362. The number of likely N-dealkylation sites (tertiary alicyclic amines) is 2. The molecule has 4 N–H and O–H groups in total. The molecule has 0 radical (unpaired) electrons. The van der Waals surface area contributed by atoms with Gasteiger partial charge in [-0.1, -0.05) is 12.1 Å². The number of H-pyrrole nitrogens is 2. The molecule has 4 saturated heterocycles. The van der Waals surface area contributed by atoms with Crippen LogP contribution in [0.15, 0.2) is 85.6 Å². The molecule has 1 atom stereocenters. The van der Waals surface area contributed by atoms with Crippen LogP contribution in [0.4, 0.5) is 45.1 Å². The summed E-state index contributed by atoms with van der Waals surface area (Å²) in [5, 5.41) is 6.74. The van der Waals surface area contributed by atoms with E-state index in [0.717, 1.165) is 68.5 Å². The van der Waals surface area contributed by atoms with Crippen molar-refractivity contribution >= 4 is 56.8 Å². The van der Waals surface area contributed by atoms with Crippen molar-refractivity contribution in [1.29, 1.82) is 0 Å². The van der Waals surface area contributed by atoms with Gasteiger partial charge < -0.3 is 44.8 Å². The summed E-state index contributed by atoms with van der Waals surface area (Å²) in [7, 11) is 2.11. The number of anilines is 4. The second-order valence-electron chi connectivity index (χ2n) is 21.5. The van der Waals surface area contributed by atoms with Crippen LogP contribution in [0.3, 0.4) is 0 Å². The van der Waals surface area contributed by atoms with E-state index < -0.39 is 35.2 Å². The summed E-state index contributed by atoms with van der Waals surface area (Å²) < 4.78 is 88.8. The smallest absolute Gasteiger partial charge is 0.416 e. The summed E-state index contributed by atoms with van der Waals surface area (Å²) in [6, 6.07) is 17.0. The molecule has 82 heavy (non-hydrogen) atoms. The quantitative estimate of drug-likeness (QED) is 0.0669. The number of carbonyl (C=O) groups is 2. The Morgan fingerprint density at radius 1 is 0.646 bits per heavy atom. The summed E-state index contributed by atoms with van der Waals surface area (Å²) in [6.45, 7) is 12.1. The Bertz CT molecular complexity index is 3690. The van der Waals surface area contributed by atoms with E-state index in [1.54, 1.807) is 42.3 Å². The highest BCUT2D eigenvalue weighted by atomic mass is 19.4. The van der Waals surface area contributed by atoms with E-state index in [-0.39, 0.29) is 75.2 Å². The van der Waals surface area contributed by atoms with Crippen molar-refractivity contribution in [3.8, 4) is 23.3 Å². The molecule has 4 fully saturated rings. The molecule has 0 bridgehead atoms. The lowest BCUT2D eigenvalue weighted by atomic mass is 10.00. The lowest BCUT2D eigenvalue weighted by Crippen LogP contribution is -2.58. The van der Waals surface area contributed by atoms with Crippen molar-refractivity contribution in [2.75, 3.05) is 96.2 Å². The molecular formula is C58H60F5N15O4. The van der Waals surface area contributed by atoms with Gasteiger partial charge in [-0.2, -0.15) is 13.2 Å². The number of likely N-dealkylation sites (N-methyl/N-ethyl adjacent to an activating group) is 1. The number of nitrogens with zero attached hydrogens (tertiary/aromatic N) is 11. The number of hydrogen-bond acceptors (Lipinski definition) is 15. The number of benzene rings is 3. The van der Waals surface area contributed by atoms with Gasteiger partial charge in [0.1, 0.15) is 29.6 Å². The number of aromatic amines is 2. The van der Waals surface area contributed by atoms with Gasteiger partial charge in [-0.15, -0.1) is 0 Å². The maximum absolute atomic E-state index is 16.0. The van der Waals surface area contributed by atoms with Crippen LogP contribution in [0.5, 0.6) is 23.3 Å². The molecule has 4 aliphatic heterocycles. The molecule has 12 rings (SSSR count). The van der Waals surface area contributed by atoms with E-state index in [2.05, 4.69) is 67.3 Å². The van der Waals surface area contributed by atoms with Gasteiger partial charge in [0.2, 0.25) is 11.8 Å². The molecule has 426 valence electrons. The number of aryl methyl sites for hydroxylation is 2. The van der Waals surface area contributed by atoms with Crippen LogP contribution >= 0.6 is 0 Å². The first-order valence-corrected chi connectivity index (χ1v) is 27.3. The predicted octanol–water partition coefficient (Wildman–Crippen LogP) is 9.24. The average molecular weight is 1130 g/mol. The lowest BCUT2D eigenvalue weighted by Gasteiger charge is -2.45. The predicted molar refractivity (Wildman–Crippen MR) is 297 cm³/mol. The molecule has 0 saturated carbocycles. The van der Waals surface area contributed by atoms with E-state index in [4.69, 9.17) is 9.47 Å². The van der Waals surface area contributed by atoms with Crippen LogP contribution in [-0.2, 0) is 19.3 Å². The number of pyridine rings is 1. The molecule has 0 spiro atoms. The van der Waals surface area contributed by atoms with Gasteiger partial charge in [-0.05, 0) is 99.5 Å². The van der Waals surface area contributed by atoms with Crippen LogP contribution in [0, 0.1) is 25.5 Å². The SMILES string of the molecule is Cc1cc2c(F)c(Oc3ncnc(Nc4ccc(CN5CCN(CC6CCN6C(=O)c6c(Nc7ccc(CN8CCN(C)CC8)cn7)ncnc6Oc6ccc7[nH]c(C)cc7c6F)CC5)c(C(F)(F)F)c4)c3C(=O)N3CCC3)ccc2[nH]1. The fourth-order valence-electron chi connectivity index (χ4n) is 11.0. The van der Waals surface area contributed by atoms with Gasteiger partial charge in [0.25, 0.3) is 11.8 Å². The summed E-state index contributed by atoms with van der Waals surface area (Å²) in [6.07, 6.45) is 0.861. The molecule has 1 unspecified atom stereocenters. The van der Waals surface area contributed by atoms with Gasteiger partial charge in [0, 0.05) is 143 Å². The van der Waals surface area contributed by atoms with Crippen molar-refractivity contribution in [3.05, 3.63) is 136 Å². The number of fused-ring (bicyclic) bond motifs is 2. The zero-order valence-corrected chi connectivity index (χ0v) is 45.4. The lowest BCUT2D eigenvalue weighted by molar-refractivity contribution is -0.138. The third kappa shape index (κ3) is 11.3. The highest BCUT2D eigenvalue weighted by Crippen LogP contribution is 2.40. The number of rotatable bonds is 16. The zero-order chi connectivity index (χ0) is 56.8. The van der Waals surface area contributed by atoms with E-state index in [1.165, 1.54) is 35.5 Å². The summed E-state index contributed by atoms with van der Waals surface area (Å²) in [4.78, 5) is 69.0. The minimum atomic E-state index is -4.74. The minimum Gasteiger partial charge on any atom is -0.435 e. The molecule has 0 aliphatic carbocycles. The first kappa shape index (κ1) is 54.3. The Hall–Kier alpha value is -8.32. The van der Waals surface area contributed by atoms with Crippen molar-refractivity contribution in [2.24, 2.45) is 0 Å². The van der Waals surface area contributed by atoms with Crippen LogP contribution in [0.1, 0.15) is 61.6 Å². The van der Waals surface area contributed by atoms with E-state index in [9.17, 15) is 22.8 Å². The molecule has 4 aliphatic rings. The number of piperazine rings is 2. The number of hydrogen-bond donors (Lipinski definition) is 4. The van der Waals surface area contributed by atoms with Crippen LogP contribution in [-0.4, -0.2) is 168 Å². The topological polar surface area (TPSA) is 192 Å². The van der Waals surface area contributed by atoms with Gasteiger partial charge in [0.15, 0.2) is 34.8 Å². The molecule has 5 aromatic heterocycles. The second kappa shape index (κ2) is 22.6. The van der Waals surface area contributed by atoms with Gasteiger partial charge >= 0.3 is 6.18 Å². The monoisotopic (exact) mass is 1130 g/mol. The Morgan fingerprint density at radius 2 is 1.23 bits per heavy atom. The summed E-state index contributed by atoms with van der Waals surface area (Å²) in [5.41, 5.74) is 2.77. The second-order valence-corrected chi connectivity index (χ2v) is 21.5. The third-order valence-electron chi connectivity index (χ3n) is 15.8. The van der Waals surface area contributed by atoms with Crippen molar-refractivity contribution < 1.29 is 41.0 Å². The van der Waals surface area contributed by atoms with Crippen molar-refractivity contribution in [1.82, 2.24) is 64.3 Å². The Kier molecular flexibility index (Phi) is 14.9. The number of halogens is 5. The number of ether oxygens (including phenoxy) is 2. The Labute approximate surface area is 468 Å². The molecule has 19 nitrogen and oxygen atoms in total. The molecule has 24 heteroatoms. The largest absolute Gasteiger partial charge is 0.435 e. The number of alkyl halides is 3. The number of nitrogens with one attached hydrogen (secondary N) is 4. The van der Waals surface area contributed by atoms with E-state index in [1.807, 2.05) is 24.0 Å². The van der Waals surface area contributed by atoms with Gasteiger partial charge in [-0.25, -0.2) is 33.7 Å². The maximum atomic E-state index is 16.0. The summed E-state index contributed by atoms with van der Waals surface area (Å²) in [5.74, 6) is -2.43. The standard InChI is InChI=1S/C58H60F5N15O4/c1-34-25-40-43(69-34)8-10-45(50(40)59)81-54-48(56(79)77-14-4-15-77)52(65-32-67-54)71-38-7-6-37(42(27-38)58(61,62)63)30-75-21-23-76(24-22-75)31-39-13-16-78(39)57(80)49-53(72-47-12-5-36(28-64-47)29-74-19-17-73(3)18-20-74)66-33-68-55(49)82-46-11-9-44-41(51(46)60)26-35(2)70-44/h5-12,25-28,32-33,39,69-70H,4,13-24,29-31H2,1-3H3,(H,65,67,71)(H,64,66,68,72). The summed E-state index contributed by atoms with van der Waals surface area (Å²) >= 11 is 0. The molecular weight excluding hydrogens is 1070 g/mol. The highest BCUT2D eigenvalue weighted by molar-refractivity contribution is 6.03. The van der Waals surface area contributed by atoms with Crippen molar-refractivity contribution in [3.63, 3.8) is 0 Å². The Morgan fingerprint density at radius 3 is 1.79 bits per heavy atom. The number of amides is 2. The molecule has 2 amide bonds. The van der Waals surface area contributed by atoms with Crippen molar-refractivity contribution in [2.45, 2.75) is 52.0 Å². The first-order valence-electron chi connectivity index (χ1n) is 27.3. The maximum Gasteiger partial charge on any atom is 0.416 e. The van der Waals surface area contributed by atoms with Crippen LogP contribution in [0.25, 0.3) is 21.8 Å². The van der Waals surface area contributed by atoms with Crippen LogP contribution < -0.4 is 20.1 Å². The minimum absolute atomic E-state index is 0.00932. The normalized spacial score (nSPS) is 17.5. The molecule has 3 aromatic carbocycles. The van der Waals surface area contributed by atoms with E-state index >= 15 is 8.78 Å². The fourth-order valence-corrected chi connectivity index (χ4v) is 11.0. The first-order chi connectivity index (χ1) is 39.6. The van der Waals surface area contributed by atoms with Crippen LogP contribution in [0.2, 0.25) is 0 Å². The highest BCUT2D eigenvalue weighted by Gasteiger charge is 2.39. The zero-order valence-electron chi connectivity index (χ0n) is 45.4. The molecule has 9 heterocycles. The molecule has 8 aromatic rings. The number of aromatic nitrogens is 7. The average Bonchev–Trinajstić information content (AvgIpc) is 3.29. The number of carbonyl (C=O) groups excluding carboxylic acids is 2.